The molecule has 0 unspecified atom stereocenters. The second-order valence-electron chi connectivity index (χ2n) is 4.85. The Bertz CT molecular complexity index is 512. The van der Waals surface area contributed by atoms with Gasteiger partial charge in [0, 0.05) is 6.04 Å². The van der Waals surface area contributed by atoms with Gasteiger partial charge in [-0.2, -0.15) is 0 Å². The maximum Gasteiger partial charge on any atom is 0.320 e. The molecule has 5 nitrogen and oxygen atoms in total. The summed E-state index contributed by atoms with van der Waals surface area (Å²) in [6.07, 6.45) is 5.76. The van der Waals surface area contributed by atoms with Crippen LogP contribution in [0.15, 0.2) is 18.2 Å². The third kappa shape index (κ3) is 4.56. The van der Waals surface area contributed by atoms with E-state index in [1.54, 1.807) is 12.1 Å². The van der Waals surface area contributed by atoms with Crippen molar-refractivity contribution < 1.29 is 4.79 Å². The largest absolute Gasteiger partial charge is 0.335 e. The lowest BCUT2D eigenvalue weighted by atomic mass is 9.96. The average Bonchev–Trinajstić information content (AvgIpc) is 2.46. The summed E-state index contributed by atoms with van der Waals surface area (Å²) in [5.41, 5.74) is 5.92. The van der Waals surface area contributed by atoms with E-state index in [0.29, 0.717) is 18.1 Å². The number of carbonyl (C=O) groups is 1. The monoisotopic (exact) mass is 272 g/mol. The topological polar surface area (TPSA) is 80.0 Å². The van der Waals surface area contributed by atoms with Crippen molar-refractivity contribution in [2.45, 2.75) is 38.1 Å². The van der Waals surface area contributed by atoms with E-state index in [-0.39, 0.29) is 12.1 Å². The van der Waals surface area contributed by atoms with Gasteiger partial charge in [0.15, 0.2) is 0 Å². The van der Waals surface area contributed by atoms with E-state index in [2.05, 4.69) is 27.5 Å². The highest BCUT2D eigenvalue weighted by atomic mass is 16.2. The van der Waals surface area contributed by atoms with Crippen LogP contribution < -0.4 is 16.4 Å². The molecule has 20 heavy (non-hydrogen) atoms. The summed E-state index contributed by atoms with van der Waals surface area (Å²) in [6.45, 7) is 0.293. The molecular weight excluding hydrogens is 252 g/mol. The smallest absolute Gasteiger partial charge is 0.320 e. The van der Waals surface area contributed by atoms with Crippen molar-refractivity contribution in [3.8, 4) is 11.8 Å². The molecule has 106 valence electrons. The number of aromatic nitrogens is 1. The molecule has 1 saturated carbocycles. The molecule has 1 heterocycles. The van der Waals surface area contributed by atoms with E-state index < -0.39 is 0 Å². The molecule has 0 radical (unpaired) electrons. The number of anilines is 1. The van der Waals surface area contributed by atoms with Crippen molar-refractivity contribution in [1.82, 2.24) is 10.3 Å². The van der Waals surface area contributed by atoms with Crippen LogP contribution in [0, 0.1) is 11.8 Å². The van der Waals surface area contributed by atoms with Gasteiger partial charge in [-0.25, -0.2) is 9.78 Å². The Labute approximate surface area is 119 Å². The molecule has 1 aromatic heterocycles. The van der Waals surface area contributed by atoms with Crippen LogP contribution in [0.25, 0.3) is 0 Å². The quantitative estimate of drug-likeness (QED) is 0.719. The van der Waals surface area contributed by atoms with Crippen molar-refractivity contribution in [3.05, 3.63) is 23.9 Å². The van der Waals surface area contributed by atoms with E-state index in [1.807, 2.05) is 6.07 Å². The maximum atomic E-state index is 11.9. The molecule has 4 N–H and O–H groups in total. The van der Waals surface area contributed by atoms with Crippen molar-refractivity contribution in [2.24, 2.45) is 5.73 Å². The number of nitrogens with two attached hydrogens (primary N) is 1. The molecule has 0 bridgehead atoms. The first-order valence-corrected chi connectivity index (χ1v) is 7.01. The first kappa shape index (κ1) is 14.4. The van der Waals surface area contributed by atoms with Gasteiger partial charge < -0.3 is 11.1 Å². The van der Waals surface area contributed by atoms with Crippen LogP contribution in [0.5, 0.6) is 0 Å². The number of carbonyl (C=O) groups excluding carboxylic acids is 1. The first-order valence-electron chi connectivity index (χ1n) is 7.01. The van der Waals surface area contributed by atoms with Crippen LogP contribution in [0.3, 0.4) is 0 Å². The molecule has 0 aromatic carbocycles. The molecule has 5 heteroatoms. The average molecular weight is 272 g/mol. The van der Waals surface area contributed by atoms with Gasteiger partial charge in [0.2, 0.25) is 0 Å². The third-order valence-electron chi connectivity index (χ3n) is 3.25. The lowest BCUT2D eigenvalue weighted by Gasteiger charge is -2.22. The van der Waals surface area contributed by atoms with Gasteiger partial charge in [-0.15, -0.1) is 0 Å². The second kappa shape index (κ2) is 7.51. The first-order chi connectivity index (χ1) is 9.78. The molecule has 1 aromatic rings. The van der Waals surface area contributed by atoms with Crippen molar-refractivity contribution in [1.29, 1.82) is 0 Å². The lowest BCUT2D eigenvalue weighted by molar-refractivity contribution is 0.244. The molecule has 0 saturated heterocycles. The normalized spacial score (nSPS) is 15.1. The van der Waals surface area contributed by atoms with E-state index in [1.165, 1.54) is 19.3 Å². The number of hydrogen-bond acceptors (Lipinski definition) is 3. The Hall–Kier alpha value is -2.06. The number of nitrogens with one attached hydrogen (secondary N) is 2. The Morgan fingerprint density at radius 2 is 2.15 bits per heavy atom. The van der Waals surface area contributed by atoms with Gasteiger partial charge >= 0.3 is 6.03 Å². The van der Waals surface area contributed by atoms with Crippen LogP contribution >= 0.6 is 0 Å². The predicted octanol–water partition coefficient (Wildman–Crippen LogP) is 1.85. The highest BCUT2D eigenvalue weighted by molar-refractivity contribution is 5.88. The number of amides is 2. The lowest BCUT2D eigenvalue weighted by Crippen LogP contribution is -2.39. The van der Waals surface area contributed by atoms with Gasteiger partial charge in [0.05, 0.1) is 6.54 Å². The summed E-state index contributed by atoms with van der Waals surface area (Å²) in [7, 11) is 0. The standard InChI is InChI=1S/C15H20N4O/c16-11-5-9-12-8-4-10-14(17-12)19-15(20)18-13-6-2-1-3-7-13/h4,8,10,13H,1-3,6-7,11,16H2,(H2,17,18,19,20). The number of urea groups is 1. The minimum Gasteiger partial charge on any atom is -0.335 e. The van der Waals surface area contributed by atoms with Crippen molar-refractivity contribution in [2.75, 3.05) is 11.9 Å². The predicted molar refractivity (Wildman–Crippen MR) is 79.2 cm³/mol. The maximum absolute atomic E-state index is 11.9. The van der Waals surface area contributed by atoms with Gasteiger partial charge in [0.1, 0.15) is 11.5 Å². The summed E-state index contributed by atoms with van der Waals surface area (Å²) in [5, 5.41) is 5.73. The van der Waals surface area contributed by atoms with Crippen LogP contribution in [0.1, 0.15) is 37.8 Å². The molecule has 1 aliphatic carbocycles. The number of rotatable bonds is 2. The molecule has 1 fully saturated rings. The van der Waals surface area contributed by atoms with Crippen molar-refractivity contribution >= 4 is 11.8 Å². The van der Waals surface area contributed by atoms with Gasteiger partial charge in [-0.3, -0.25) is 5.32 Å². The summed E-state index contributed by atoms with van der Waals surface area (Å²) < 4.78 is 0. The SMILES string of the molecule is NCC#Cc1cccc(NC(=O)NC2CCCCC2)n1. The van der Waals surface area contributed by atoms with Crippen LogP contribution in [-0.4, -0.2) is 23.6 Å². The second-order valence-corrected chi connectivity index (χ2v) is 4.85. The minimum absolute atomic E-state index is 0.201. The van der Waals surface area contributed by atoms with Gasteiger partial charge in [0.25, 0.3) is 0 Å². The minimum atomic E-state index is -0.201. The summed E-state index contributed by atoms with van der Waals surface area (Å²) in [5.74, 6) is 6.08. The molecule has 2 rings (SSSR count). The highest BCUT2D eigenvalue weighted by Gasteiger charge is 2.15. The molecule has 2 amide bonds. The molecule has 1 aliphatic rings. The number of nitrogens with zero attached hydrogens (tertiary/aromatic N) is 1. The summed E-state index contributed by atoms with van der Waals surface area (Å²) in [6, 6.07) is 5.42. The zero-order chi connectivity index (χ0) is 14.2. The van der Waals surface area contributed by atoms with E-state index >= 15 is 0 Å². The molecule has 0 atom stereocenters. The Morgan fingerprint density at radius 3 is 2.90 bits per heavy atom. The fraction of sp³-hybridized carbons (Fsp3) is 0.467. The zero-order valence-corrected chi connectivity index (χ0v) is 11.5. The van der Waals surface area contributed by atoms with Crippen molar-refractivity contribution in [3.63, 3.8) is 0 Å². The molecule has 0 aliphatic heterocycles. The van der Waals surface area contributed by atoms with Crippen LogP contribution in [0.2, 0.25) is 0 Å². The summed E-state index contributed by atoms with van der Waals surface area (Å²) in [4.78, 5) is 16.1. The molecular formula is C15H20N4O. The number of hydrogen-bond donors (Lipinski definition) is 3. The van der Waals surface area contributed by atoms with E-state index in [4.69, 9.17) is 5.73 Å². The highest BCUT2D eigenvalue weighted by Crippen LogP contribution is 2.17. The van der Waals surface area contributed by atoms with Crippen LogP contribution in [-0.2, 0) is 0 Å². The Morgan fingerprint density at radius 1 is 1.35 bits per heavy atom. The fourth-order valence-electron chi connectivity index (χ4n) is 2.30. The fourth-order valence-corrected chi connectivity index (χ4v) is 2.30. The number of pyridine rings is 1. The van der Waals surface area contributed by atoms with E-state index in [0.717, 1.165) is 12.8 Å². The zero-order valence-electron chi connectivity index (χ0n) is 11.5. The Kier molecular flexibility index (Phi) is 5.39. The van der Waals surface area contributed by atoms with Gasteiger partial charge in [-0.1, -0.05) is 31.2 Å². The third-order valence-corrected chi connectivity index (χ3v) is 3.25. The van der Waals surface area contributed by atoms with E-state index in [9.17, 15) is 4.79 Å². The Balaban J connectivity index is 1.90. The van der Waals surface area contributed by atoms with Crippen LogP contribution in [0.4, 0.5) is 10.6 Å². The molecule has 0 spiro atoms. The van der Waals surface area contributed by atoms with Gasteiger partial charge in [-0.05, 0) is 30.9 Å². The summed E-state index contributed by atoms with van der Waals surface area (Å²) >= 11 is 0.